The monoisotopic (exact) mass is 203 g/mol. The first-order valence-electron chi connectivity index (χ1n) is 4.79. The van der Waals surface area contributed by atoms with Crippen LogP contribution >= 0.6 is 0 Å². The highest BCUT2D eigenvalue weighted by Crippen LogP contribution is 2.12. The van der Waals surface area contributed by atoms with E-state index < -0.39 is 0 Å². The molecule has 0 saturated carbocycles. The number of carbonyl (C=O) groups is 1. The SMILES string of the molecule is COC(=O)CNCC1CC(O)CCO1. The second-order valence-electron chi connectivity index (χ2n) is 3.38. The Balaban J connectivity index is 2.08. The molecule has 1 saturated heterocycles. The highest BCUT2D eigenvalue weighted by atomic mass is 16.5. The molecule has 0 radical (unpaired) electrons. The summed E-state index contributed by atoms with van der Waals surface area (Å²) in [5.74, 6) is -0.290. The molecule has 0 spiro atoms. The topological polar surface area (TPSA) is 67.8 Å². The van der Waals surface area contributed by atoms with Gasteiger partial charge in [0.1, 0.15) is 0 Å². The predicted molar refractivity (Wildman–Crippen MR) is 49.9 cm³/mol. The summed E-state index contributed by atoms with van der Waals surface area (Å²) in [5, 5.41) is 12.3. The Morgan fingerprint density at radius 2 is 2.50 bits per heavy atom. The lowest BCUT2D eigenvalue weighted by Crippen LogP contribution is -2.38. The Morgan fingerprint density at radius 3 is 3.14 bits per heavy atom. The minimum Gasteiger partial charge on any atom is -0.468 e. The molecule has 1 heterocycles. The van der Waals surface area contributed by atoms with Gasteiger partial charge in [0.2, 0.25) is 0 Å². The minimum atomic E-state index is -0.290. The molecule has 0 aromatic heterocycles. The number of nitrogens with one attached hydrogen (secondary N) is 1. The lowest BCUT2D eigenvalue weighted by molar-refractivity contribution is -0.139. The van der Waals surface area contributed by atoms with Gasteiger partial charge < -0.3 is 19.9 Å². The van der Waals surface area contributed by atoms with Gasteiger partial charge >= 0.3 is 5.97 Å². The van der Waals surface area contributed by atoms with Crippen molar-refractivity contribution in [2.24, 2.45) is 0 Å². The maximum absolute atomic E-state index is 10.7. The molecule has 0 aliphatic carbocycles. The number of aliphatic hydroxyl groups is 1. The number of aliphatic hydroxyl groups excluding tert-OH is 1. The fourth-order valence-corrected chi connectivity index (χ4v) is 1.41. The lowest BCUT2D eigenvalue weighted by atomic mass is 10.1. The van der Waals surface area contributed by atoms with Crippen molar-refractivity contribution in [3.63, 3.8) is 0 Å². The van der Waals surface area contributed by atoms with Gasteiger partial charge in [0.25, 0.3) is 0 Å². The molecule has 1 aliphatic heterocycles. The lowest BCUT2D eigenvalue weighted by Gasteiger charge is -2.26. The third kappa shape index (κ3) is 4.04. The summed E-state index contributed by atoms with van der Waals surface area (Å²) in [6.45, 7) is 1.35. The maximum Gasteiger partial charge on any atom is 0.319 e. The first-order chi connectivity index (χ1) is 6.72. The zero-order chi connectivity index (χ0) is 10.4. The summed E-state index contributed by atoms with van der Waals surface area (Å²) in [5.41, 5.74) is 0. The van der Waals surface area contributed by atoms with Gasteiger partial charge in [0.05, 0.1) is 25.9 Å². The number of methoxy groups -OCH3 is 1. The molecule has 2 atom stereocenters. The molecule has 1 fully saturated rings. The molecule has 0 aromatic rings. The van der Waals surface area contributed by atoms with E-state index in [9.17, 15) is 9.90 Å². The molecular weight excluding hydrogens is 186 g/mol. The second kappa shape index (κ2) is 5.95. The number of ether oxygens (including phenoxy) is 2. The highest BCUT2D eigenvalue weighted by Gasteiger charge is 2.20. The molecule has 82 valence electrons. The molecule has 5 heteroatoms. The van der Waals surface area contributed by atoms with E-state index in [2.05, 4.69) is 10.1 Å². The molecular formula is C9H17NO4. The zero-order valence-electron chi connectivity index (χ0n) is 8.36. The van der Waals surface area contributed by atoms with E-state index in [4.69, 9.17) is 4.74 Å². The van der Waals surface area contributed by atoms with Crippen molar-refractivity contribution in [2.45, 2.75) is 25.0 Å². The van der Waals surface area contributed by atoms with Gasteiger partial charge in [-0.05, 0) is 6.42 Å². The van der Waals surface area contributed by atoms with Crippen LogP contribution in [0, 0.1) is 0 Å². The molecule has 2 N–H and O–H groups in total. The average molecular weight is 203 g/mol. The summed E-state index contributed by atoms with van der Waals surface area (Å²) >= 11 is 0. The quantitative estimate of drug-likeness (QED) is 0.591. The van der Waals surface area contributed by atoms with Gasteiger partial charge in [-0.15, -0.1) is 0 Å². The van der Waals surface area contributed by atoms with E-state index in [0.29, 0.717) is 26.0 Å². The van der Waals surface area contributed by atoms with Gasteiger partial charge in [-0.1, -0.05) is 0 Å². The van der Waals surface area contributed by atoms with Crippen molar-refractivity contribution < 1.29 is 19.4 Å². The average Bonchev–Trinajstić information content (AvgIpc) is 2.17. The third-order valence-electron chi connectivity index (χ3n) is 2.21. The van der Waals surface area contributed by atoms with Crippen molar-refractivity contribution in [1.82, 2.24) is 5.32 Å². The Labute approximate surface area is 83.4 Å². The maximum atomic E-state index is 10.7. The van der Waals surface area contributed by atoms with Gasteiger partial charge in [-0.25, -0.2) is 0 Å². The van der Waals surface area contributed by atoms with Crippen LogP contribution in [0.3, 0.4) is 0 Å². The van der Waals surface area contributed by atoms with Gasteiger partial charge in [-0.3, -0.25) is 4.79 Å². The molecule has 0 bridgehead atoms. The van der Waals surface area contributed by atoms with Gasteiger partial charge in [-0.2, -0.15) is 0 Å². The Hall–Kier alpha value is -0.650. The Bertz CT molecular complexity index is 186. The second-order valence-corrected chi connectivity index (χ2v) is 3.38. The molecule has 0 amide bonds. The number of rotatable bonds is 4. The number of carbonyl (C=O) groups excluding carboxylic acids is 1. The van der Waals surface area contributed by atoms with Crippen molar-refractivity contribution >= 4 is 5.97 Å². The molecule has 1 aliphatic rings. The van der Waals surface area contributed by atoms with Crippen molar-refractivity contribution in [1.29, 1.82) is 0 Å². The number of hydrogen-bond donors (Lipinski definition) is 2. The smallest absolute Gasteiger partial charge is 0.319 e. The summed E-state index contributed by atoms with van der Waals surface area (Å²) in [6.07, 6.45) is 1.07. The fraction of sp³-hybridized carbons (Fsp3) is 0.889. The number of esters is 1. The van der Waals surface area contributed by atoms with Crippen molar-refractivity contribution in [3.05, 3.63) is 0 Å². The molecule has 5 nitrogen and oxygen atoms in total. The first kappa shape index (κ1) is 11.4. The van der Waals surface area contributed by atoms with Crippen LogP contribution in [0.2, 0.25) is 0 Å². The van der Waals surface area contributed by atoms with Crippen LogP contribution in [0.5, 0.6) is 0 Å². The van der Waals surface area contributed by atoms with Gasteiger partial charge in [0.15, 0.2) is 0 Å². The molecule has 2 unspecified atom stereocenters. The standard InChI is InChI=1S/C9H17NO4/c1-13-9(12)6-10-5-8-4-7(11)2-3-14-8/h7-8,10-11H,2-6H2,1H3. The van der Waals surface area contributed by atoms with E-state index in [1.807, 2.05) is 0 Å². The van der Waals surface area contributed by atoms with Crippen molar-refractivity contribution in [3.8, 4) is 0 Å². The van der Waals surface area contributed by atoms with Crippen LogP contribution in [-0.2, 0) is 14.3 Å². The van der Waals surface area contributed by atoms with E-state index in [-0.39, 0.29) is 24.7 Å². The van der Waals surface area contributed by atoms with Crippen LogP contribution in [-0.4, -0.2) is 50.1 Å². The van der Waals surface area contributed by atoms with Gasteiger partial charge in [0, 0.05) is 19.6 Å². The van der Waals surface area contributed by atoms with Crippen LogP contribution in [0.1, 0.15) is 12.8 Å². The largest absolute Gasteiger partial charge is 0.468 e. The zero-order valence-corrected chi connectivity index (χ0v) is 8.36. The first-order valence-corrected chi connectivity index (χ1v) is 4.79. The molecule has 0 aromatic carbocycles. The predicted octanol–water partition coefficient (Wildman–Crippen LogP) is -0.711. The molecule has 14 heavy (non-hydrogen) atoms. The highest BCUT2D eigenvalue weighted by molar-refractivity contribution is 5.71. The summed E-state index contributed by atoms with van der Waals surface area (Å²) in [6, 6.07) is 0. The fourth-order valence-electron chi connectivity index (χ4n) is 1.41. The number of hydrogen-bond acceptors (Lipinski definition) is 5. The Morgan fingerprint density at radius 1 is 1.71 bits per heavy atom. The normalized spacial score (nSPS) is 27.3. The molecule has 1 rings (SSSR count). The van der Waals surface area contributed by atoms with Crippen LogP contribution in [0.4, 0.5) is 0 Å². The van der Waals surface area contributed by atoms with Crippen LogP contribution in [0.15, 0.2) is 0 Å². The van der Waals surface area contributed by atoms with Crippen LogP contribution < -0.4 is 5.32 Å². The Kier molecular flexibility index (Phi) is 4.86. The third-order valence-corrected chi connectivity index (χ3v) is 2.21. The summed E-state index contributed by atoms with van der Waals surface area (Å²) < 4.78 is 9.86. The van der Waals surface area contributed by atoms with E-state index in [0.717, 1.165) is 0 Å². The van der Waals surface area contributed by atoms with E-state index in [1.54, 1.807) is 0 Å². The minimum absolute atomic E-state index is 0.00315. The summed E-state index contributed by atoms with van der Waals surface area (Å²) in [7, 11) is 1.35. The summed E-state index contributed by atoms with van der Waals surface area (Å²) in [4.78, 5) is 10.7. The van der Waals surface area contributed by atoms with Crippen molar-refractivity contribution in [2.75, 3.05) is 26.8 Å². The van der Waals surface area contributed by atoms with E-state index >= 15 is 0 Å². The van der Waals surface area contributed by atoms with Crippen LogP contribution in [0.25, 0.3) is 0 Å². The van der Waals surface area contributed by atoms with E-state index in [1.165, 1.54) is 7.11 Å².